The van der Waals surface area contributed by atoms with Crippen molar-refractivity contribution in [2.45, 2.75) is 44.3 Å². The lowest BCUT2D eigenvalue weighted by atomic mass is 10.0. The van der Waals surface area contributed by atoms with Crippen molar-refractivity contribution in [1.82, 2.24) is 15.1 Å². The lowest BCUT2D eigenvalue weighted by Crippen LogP contribution is -2.55. The van der Waals surface area contributed by atoms with Crippen LogP contribution in [0.1, 0.15) is 36.9 Å². The van der Waals surface area contributed by atoms with Gasteiger partial charge in [-0.05, 0) is 43.5 Å². The molecule has 0 saturated carbocycles. The molecule has 1 N–H and O–H groups in total. The van der Waals surface area contributed by atoms with Gasteiger partial charge in [-0.1, -0.05) is 31.2 Å². The summed E-state index contributed by atoms with van der Waals surface area (Å²) in [5.41, 5.74) is 3.10. The van der Waals surface area contributed by atoms with Crippen LogP contribution in [-0.4, -0.2) is 54.6 Å². The number of fused-ring (bicyclic) bond motifs is 2. The molecule has 3 unspecified atom stereocenters. The zero-order valence-electron chi connectivity index (χ0n) is 13.1. The van der Waals surface area contributed by atoms with E-state index in [0.29, 0.717) is 12.1 Å². The molecule has 3 heteroatoms. The highest BCUT2D eigenvalue weighted by Gasteiger charge is 2.39. The van der Waals surface area contributed by atoms with Crippen LogP contribution in [0.3, 0.4) is 0 Å². The first kappa shape index (κ1) is 13.7. The van der Waals surface area contributed by atoms with E-state index in [0.717, 1.165) is 12.6 Å². The molecule has 4 rings (SSSR count). The van der Waals surface area contributed by atoms with Crippen molar-refractivity contribution in [3.8, 4) is 0 Å². The number of piperazine rings is 1. The molecule has 2 saturated heterocycles. The highest BCUT2D eigenvalue weighted by molar-refractivity contribution is 5.37. The normalized spacial score (nSPS) is 33.1. The van der Waals surface area contributed by atoms with Crippen LogP contribution in [0.25, 0.3) is 0 Å². The number of hydrogen-bond donors (Lipinski definition) is 1. The van der Waals surface area contributed by atoms with E-state index in [1.807, 2.05) is 0 Å². The van der Waals surface area contributed by atoms with Crippen LogP contribution in [0, 0.1) is 0 Å². The zero-order valence-corrected chi connectivity index (χ0v) is 13.1. The molecule has 0 spiro atoms. The van der Waals surface area contributed by atoms with Gasteiger partial charge in [0.1, 0.15) is 0 Å². The molecule has 1 aromatic carbocycles. The van der Waals surface area contributed by atoms with Gasteiger partial charge in [-0.15, -0.1) is 0 Å². The number of nitrogens with zero attached hydrogens (tertiary/aromatic N) is 2. The third-order valence-corrected chi connectivity index (χ3v) is 5.72. The first-order valence-corrected chi connectivity index (χ1v) is 8.66. The summed E-state index contributed by atoms with van der Waals surface area (Å²) in [5.74, 6) is 0. The second-order valence-corrected chi connectivity index (χ2v) is 6.83. The molecular weight excluding hydrogens is 258 g/mol. The molecular formula is C18H27N3. The molecule has 2 heterocycles. The Bertz CT molecular complexity index is 501. The number of hydrogen-bond acceptors (Lipinski definition) is 3. The van der Waals surface area contributed by atoms with Crippen LogP contribution in [0.15, 0.2) is 24.3 Å². The van der Waals surface area contributed by atoms with E-state index in [-0.39, 0.29) is 0 Å². The lowest BCUT2D eigenvalue weighted by Gasteiger charge is -2.42. The van der Waals surface area contributed by atoms with Crippen molar-refractivity contribution in [3.05, 3.63) is 35.4 Å². The first-order chi connectivity index (χ1) is 10.4. The Balaban J connectivity index is 1.54. The molecule has 2 aliphatic heterocycles. The summed E-state index contributed by atoms with van der Waals surface area (Å²) in [4.78, 5) is 5.49. The maximum absolute atomic E-state index is 3.75. The number of nitrogens with one attached hydrogen (secondary N) is 1. The smallest absolute Gasteiger partial charge is 0.0484 e. The van der Waals surface area contributed by atoms with Gasteiger partial charge in [0.2, 0.25) is 0 Å². The van der Waals surface area contributed by atoms with Gasteiger partial charge < -0.3 is 5.32 Å². The van der Waals surface area contributed by atoms with Gasteiger partial charge in [-0.2, -0.15) is 0 Å². The standard InChI is InChI=1S/C18H27N3/c1-2-19-18-16-8-4-3-6-14(16)12-17(18)21-11-10-20-9-5-7-15(20)13-21/h3-4,6,8,15,17-19H,2,5,7,9-13H2,1H3. The van der Waals surface area contributed by atoms with Crippen LogP contribution in [0.4, 0.5) is 0 Å². The third kappa shape index (κ3) is 2.41. The van der Waals surface area contributed by atoms with Crippen LogP contribution < -0.4 is 5.32 Å². The molecule has 0 amide bonds. The van der Waals surface area contributed by atoms with Gasteiger partial charge in [0.15, 0.2) is 0 Å². The predicted octanol–water partition coefficient (Wildman–Crippen LogP) is 2.04. The van der Waals surface area contributed by atoms with Gasteiger partial charge in [-0.3, -0.25) is 9.80 Å². The van der Waals surface area contributed by atoms with Crippen LogP contribution in [0.2, 0.25) is 0 Å². The van der Waals surface area contributed by atoms with Crippen LogP contribution >= 0.6 is 0 Å². The largest absolute Gasteiger partial charge is 0.309 e. The molecule has 1 aromatic rings. The summed E-state index contributed by atoms with van der Waals surface area (Å²) in [6.45, 7) is 8.42. The summed E-state index contributed by atoms with van der Waals surface area (Å²) < 4.78 is 0. The van der Waals surface area contributed by atoms with Gasteiger partial charge >= 0.3 is 0 Å². The van der Waals surface area contributed by atoms with Crippen LogP contribution in [-0.2, 0) is 6.42 Å². The minimum absolute atomic E-state index is 0.527. The van der Waals surface area contributed by atoms with Crippen molar-refractivity contribution in [2.24, 2.45) is 0 Å². The molecule has 21 heavy (non-hydrogen) atoms. The fraction of sp³-hybridized carbons (Fsp3) is 0.667. The Morgan fingerprint density at radius 2 is 2.00 bits per heavy atom. The highest BCUT2D eigenvalue weighted by atomic mass is 15.3. The Labute approximate surface area is 128 Å². The zero-order chi connectivity index (χ0) is 14.2. The Kier molecular flexibility index (Phi) is 3.74. The van der Waals surface area contributed by atoms with E-state index in [9.17, 15) is 0 Å². The third-order valence-electron chi connectivity index (χ3n) is 5.72. The molecule has 114 valence electrons. The van der Waals surface area contributed by atoms with Crippen molar-refractivity contribution in [1.29, 1.82) is 0 Å². The van der Waals surface area contributed by atoms with Crippen molar-refractivity contribution in [3.63, 3.8) is 0 Å². The van der Waals surface area contributed by atoms with E-state index < -0.39 is 0 Å². The van der Waals surface area contributed by atoms with Gasteiger partial charge in [0.05, 0.1) is 0 Å². The molecule has 0 bridgehead atoms. The molecule has 0 radical (unpaired) electrons. The van der Waals surface area contributed by atoms with Crippen molar-refractivity contribution in [2.75, 3.05) is 32.7 Å². The number of benzene rings is 1. The number of rotatable bonds is 3. The number of likely N-dealkylation sites (N-methyl/N-ethyl adjacent to an activating group) is 1. The van der Waals surface area contributed by atoms with E-state index in [1.54, 1.807) is 11.1 Å². The highest BCUT2D eigenvalue weighted by Crippen LogP contribution is 2.36. The Morgan fingerprint density at radius 1 is 1.14 bits per heavy atom. The van der Waals surface area contributed by atoms with Gasteiger partial charge in [0.25, 0.3) is 0 Å². The molecule has 3 aliphatic rings. The molecule has 3 nitrogen and oxygen atoms in total. The maximum atomic E-state index is 3.75. The monoisotopic (exact) mass is 285 g/mol. The SMILES string of the molecule is CCNC1c2ccccc2CC1N1CCN2CCCC2C1. The second kappa shape index (κ2) is 5.71. The minimum atomic E-state index is 0.527. The summed E-state index contributed by atoms with van der Waals surface area (Å²) >= 11 is 0. The summed E-state index contributed by atoms with van der Waals surface area (Å²) in [7, 11) is 0. The van der Waals surface area contributed by atoms with Crippen LogP contribution in [0.5, 0.6) is 0 Å². The van der Waals surface area contributed by atoms with Crippen molar-refractivity contribution < 1.29 is 0 Å². The van der Waals surface area contributed by atoms with E-state index >= 15 is 0 Å². The van der Waals surface area contributed by atoms with E-state index in [4.69, 9.17) is 0 Å². The Hall–Kier alpha value is -0.900. The van der Waals surface area contributed by atoms with E-state index in [1.165, 1.54) is 45.4 Å². The summed E-state index contributed by atoms with van der Waals surface area (Å²) in [5, 5.41) is 3.75. The average Bonchev–Trinajstić information content (AvgIpc) is 3.11. The predicted molar refractivity (Wildman–Crippen MR) is 86.5 cm³/mol. The topological polar surface area (TPSA) is 18.5 Å². The molecule has 1 aliphatic carbocycles. The maximum Gasteiger partial charge on any atom is 0.0484 e. The lowest BCUT2D eigenvalue weighted by molar-refractivity contribution is 0.0613. The quantitative estimate of drug-likeness (QED) is 0.917. The fourth-order valence-corrected chi connectivity index (χ4v) is 4.70. The fourth-order valence-electron chi connectivity index (χ4n) is 4.70. The van der Waals surface area contributed by atoms with E-state index in [2.05, 4.69) is 46.3 Å². The van der Waals surface area contributed by atoms with Gasteiger partial charge in [0, 0.05) is 37.8 Å². The van der Waals surface area contributed by atoms with Gasteiger partial charge in [-0.25, -0.2) is 0 Å². The molecule has 2 fully saturated rings. The Morgan fingerprint density at radius 3 is 2.90 bits per heavy atom. The van der Waals surface area contributed by atoms with Crippen molar-refractivity contribution >= 4 is 0 Å². The molecule has 0 aromatic heterocycles. The second-order valence-electron chi connectivity index (χ2n) is 6.83. The summed E-state index contributed by atoms with van der Waals surface area (Å²) in [6, 6.07) is 11.0. The average molecular weight is 285 g/mol. The summed E-state index contributed by atoms with van der Waals surface area (Å²) in [6.07, 6.45) is 4.03. The first-order valence-electron chi connectivity index (χ1n) is 8.66. The molecule has 3 atom stereocenters. The minimum Gasteiger partial charge on any atom is -0.309 e.